The Bertz CT molecular complexity index is 166. The molecular weight excluding hydrogens is 200 g/mol. The lowest BCUT2D eigenvalue weighted by Gasteiger charge is -2.14. The van der Waals surface area contributed by atoms with Crippen LogP contribution in [0.3, 0.4) is 0 Å². The SMILES string of the molecule is CCCCCCCCC(CCC(C)=O)OC. The molecule has 0 aliphatic rings. The van der Waals surface area contributed by atoms with Crippen molar-refractivity contribution in [1.29, 1.82) is 0 Å². The Morgan fingerprint density at radius 3 is 2.25 bits per heavy atom. The van der Waals surface area contributed by atoms with Crippen molar-refractivity contribution in [2.75, 3.05) is 7.11 Å². The number of ketones is 1. The molecule has 2 nitrogen and oxygen atoms in total. The predicted molar refractivity (Wildman–Crippen MR) is 68.7 cm³/mol. The van der Waals surface area contributed by atoms with Gasteiger partial charge < -0.3 is 9.53 Å². The van der Waals surface area contributed by atoms with Gasteiger partial charge in [-0.05, 0) is 19.8 Å². The van der Waals surface area contributed by atoms with Crippen LogP contribution >= 0.6 is 0 Å². The third-order valence-corrected chi connectivity index (χ3v) is 3.03. The summed E-state index contributed by atoms with van der Waals surface area (Å²) < 4.78 is 5.38. The number of carbonyl (C=O) groups excluding carboxylic acids is 1. The summed E-state index contributed by atoms with van der Waals surface area (Å²) in [4.78, 5) is 10.9. The van der Waals surface area contributed by atoms with E-state index in [1.807, 2.05) is 0 Å². The minimum Gasteiger partial charge on any atom is -0.381 e. The van der Waals surface area contributed by atoms with Gasteiger partial charge in [-0.25, -0.2) is 0 Å². The molecule has 1 unspecified atom stereocenters. The maximum absolute atomic E-state index is 10.9. The molecule has 0 aromatic rings. The molecule has 0 rings (SSSR count). The summed E-state index contributed by atoms with van der Waals surface area (Å²) in [7, 11) is 1.75. The molecule has 2 heteroatoms. The van der Waals surface area contributed by atoms with Crippen LogP contribution in [0, 0.1) is 0 Å². The van der Waals surface area contributed by atoms with E-state index in [4.69, 9.17) is 4.74 Å². The number of methoxy groups -OCH3 is 1. The summed E-state index contributed by atoms with van der Waals surface area (Å²) in [6.45, 7) is 3.89. The number of Topliss-reactive ketones (excluding diaryl/α,β-unsaturated/α-hetero) is 1. The van der Waals surface area contributed by atoms with Crippen molar-refractivity contribution in [2.24, 2.45) is 0 Å². The summed E-state index contributed by atoms with van der Waals surface area (Å²) in [6.07, 6.45) is 10.9. The zero-order chi connectivity index (χ0) is 12.2. The van der Waals surface area contributed by atoms with Crippen molar-refractivity contribution in [3.05, 3.63) is 0 Å². The maximum Gasteiger partial charge on any atom is 0.129 e. The highest BCUT2D eigenvalue weighted by atomic mass is 16.5. The number of ether oxygens (including phenoxy) is 1. The summed E-state index contributed by atoms with van der Waals surface area (Å²) in [6, 6.07) is 0. The molecule has 0 saturated carbocycles. The fraction of sp³-hybridized carbons (Fsp3) is 0.929. The van der Waals surface area contributed by atoms with E-state index in [2.05, 4.69) is 6.92 Å². The monoisotopic (exact) mass is 228 g/mol. The standard InChI is InChI=1S/C14H28O2/c1-4-5-6-7-8-9-10-14(16-3)12-11-13(2)15/h14H,4-12H2,1-3H3. The Morgan fingerprint density at radius 2 is 1.69 bits per heavy atom. The van der Waals surface area contributed by atoms with Gasteiger partial charge in [-0.1, -0.05) is 45.4 Å². The minimum atomic E-state index is 0.269. The van der Waals surface area contributed by atoms with Crippen LogP contribution in [0.1, 0.15) is 71.6 Å². The van der Waals surface area contributed by atoms with Gasteiger partial charge in [-0.15, -0.1) is 0 Å². The van der Waals surface area contributed by atoms with E-state index in [1.54, 1.807) is 14.0 Å². The summed E-state index contributed by atoms with van der Waals surface area (Å²) in [5.74, 6) is 0.269. The number of carbonyl (C=O) groups is 1. The Labute approximate surface area is 101 Å². The fourth-order valence-corrected chi connectivity index (χ4v) is 1.90. The predicted octanol–water partition coefficient (Wildman–Crippen LogP) is 4.12. The highest BCUT2D eigenvalue weighted by Crippen LogP contribution is 2.13. The molecule has 16 heavy (non-hydrogen) atoms. The molecule has 0 amide bonds. The first-order valence-electron chi connectivity index (χ1n) is 6.73. The Balaban J connectivity index is 3.37. The van der Waals surface area contributed by atoms with E-state index in [9.17, 15) is 4.79 Å². The van der Waals surface area contributed by atoms with Crippen molar-refractivity contribution < 1.29 is 9.53 Å². The molecule has 0 N–H and O–H groups in total. The molecule has 0 radical (unpaired) electrons. The molecule has 1 atom stereocenters. The lowest BCUT2D eigenvalue weighted by Crippen LogP contribution is -2.11. The van der Waals surface area contributed by atoms with Gasteiger partial charge >= 0.3 is 0 Å². The lowest BCUT2D eigenvalue weighted by molar-refractivity contribution is -0.117. The lowest BCUT2D eigenvalue weighted by atomic mass is 10.0. The molecular formula is C14H28O2. The smallest absolute Gasteiger partial charge is 0.129 e. The van der Waals surface area contributed by atoms with Crippen molar-refractivity contribution in [3.8, 4) is 0 Å². The first-order chi connectivity index (χ1) is 7.70. The average molecular weight is 228 g/mol. The van der Waals surface area contributed by atoms with Gasteiger partial charge in [-0.3, -0.25) is 0 Å². The quantitative estimate of drug-likeness (QED) is 0.497. The third kappa shape index (κ3) is 10.2. The highest BCUT2D eigenvalue weighted by molar-refractivity contribution is 5.75. The van der Waals surface area contributed by atoms with Crippen molar-refractivity contribution in [1.82, 2.24) is 0 Å². The highest BCUT2D eigenvalue weighted by Gasteiger charge is 2.07. The zero-order valence-electron chi connectivity index (χ0n) is 11.3. The Hall–Kier alpha value is -0.370. The van der Waals surface area contributed by atoms with Crippen LogP contribution in [-0.4, -0.2) is 19.0 Å². The van der Waals surface area contributed by atoms with Gasteiger partial charge in [0.05, 0.1) is 6.10 Å². The van der Waals surface area contributed by atoms with Gasteiger partial charge in [0.1, 0.15) is 5.78 Å². The molecule has 0 saturated heterocycles. The van der Waals surface area contributed by atoms with E-state index in [1.165, 1.54) is 38.5 Å². The van der Waals surface area contributed by atoms with Gasteiger partial charge in [0.2, 0.25) is 0 Å². The van der Waals surface area contributed by atoms with Crippen LogP contribution < -0.4 is 0 Å². The molecule has 0 aromatic carbocycles. The Morgan fingerprint density at radius 1 is 1.06 bits per heavy atom. The van der Waals surface area contributed by atoms with Crippen molar-refractivity contribution in [2.45, 2.75) is 77.7 Å². The van der Waals surface area contributed by atoms with Crippen molar-refractivity contribution in [3.63, 3.8) is 0 Å². The Kier molecular flexibility index (Phi) is 10.9. The number of rotatable bonds is 11. The molecule has 0 bridgehead atoms. The molecule has 0 aromatic heterocycles. The number of hydrogen-bond acceptors (Lipinski definition) is 2. The maximum atomic E-state index is 10.9. The summed E-state index contributed by atoms with van der Waals surface area (Å²) >= 11 is 0. The summed E-state index contributed by atoms with van der Waals surface area (Å²) in [5, 5.41) is 0. The largest absolute Gasteiger partial charge is 0.381 e. The molecule has 0 spiro atoms. The first kappa shape index (κ1) is 15.6. The zero-order valence-corrected chi connectivity index (χ0v) is 11.3. The van der Waals surface area contributed by atoms with Crippen LogP contribution in [0.25, 0.3) is 0 Å². The number of unbranched alkanes of at least 4 members (excludes halogenated alkanes) is 5. The van der Waals surface area contributed by atoms with E-state index in [0.717, 1.165) is 12.8 Å². The molecule has 0 fully saturated rings. The summed E-state index contributed by atoms with van der Waals surface area (Å²) in [5.41, 5.74) is 0. The molecule has 0 aliphatic heterocycles. The van der Waals surface area contributed by atoms with Crippen molar-refractivity contribution >= 4 is 5.78 Å². The molecule has 96 valence electrons. The molecule has 0 aliphatic carbocycles. The second-order valence-electron chi connectivity index (χ2n) is 4.65. The van der Waals surface area contributed by atoms with E-state index < -0.39 is 0 Å². The van der Waals surface area contributed by atoms with Gasteiger partial charge in [-0.2, -0.15) is 0 Å². The fourth-order valence-electron chi connectivity index (χ4n) is 1.90. The minimum absolute atomic E-state index is 0.269. The van der Waals surface area contributed by atoms with Crippen LogP contribution in [0.15, 0.2) is 0 Å². The van der Waals surface area contributed by atoms with Gasteiger partial charge in [0.15, 0.2) is 0 Å². The van der Waals surface area contributed by atoms with Gasteiger partial charge in [0.25, 0.3) is 0 Å². The number of hydrogen-bond donors (Lipinski definition) is 0. The van der Waals surface area contributed by atoms with Crippen LogP contribution in [0.4, 0.5) is 0 Å². The van der Waals surface area contributed by atoms with Crippen LogP contribution in [-0.2, 0) is 9.53 Å². The molecule has 0 heterocycles. The topological polar surface area (TPSA) is 26.3 Å². The van der Waals surface area contributed by atoms with Crippen LogP contribution in [0.2, 0.25) is 0 Å². The normalized spacial score (nSPS) is 12.7. The van der Waals surface area contributed by atoms with E-state index >= 15 is 0 Å². The van der Waals surface area contributed by atoms with Crippen LogP contribution in [0.5, 0.6) is 0 Å². The third-order valence-electron chi connectivity index (χ3n) is 3.03. The van der Waals surface area contributed by atoms with E-state index in [-0.39, 0.29) is 11.9 Å². The van der Waals surface area contributed by atoms with E-state index in [0.29, 0.717) is 6.42 Å². The van der Waals surface area contributed by atoms with Gasteiger partial charge in [0, 0.05) is 13.5 Å². The first-order valence-corrected chi connectivity index (χ1v) is 6.73. The second-order valence-corrected chi connectivity index (χ2v) is 4.65. The second kappa shape index (κ2) is 11.1. The average Bonchev–Trinajstić information content (AvgIpc) is 2.27.